The van der Waals surface area contributed by atoms with Gasteiger partial charge in [0.25, 0.3) is 5.91 Å². The van der Waals surface area contributed by atoms with E-state index in [-0.39, 0.29) is 19.3 Å². The van der Waals surface area contributed by atoms with Gasteiger partial charge in [-0.25, -0.2) is 4.79 Å². The Kier molecular flexibility index (Phi) is 6.39. The van der Waals surface area contributed by atoms with Gasteiger partial charge in [0.15, 0.2) is 0 Å². The van der Waals surface area contributed by atoms with Gasteiger partial charge in [-0.3, -0.25) is 9.59 Å². The first-order chi connectivity index (χ1) is 9.95. The van der Waals surface area contributed by atoms with Crippen LogP contribution in [0.2, 0.25) is 0 Å². The second-order valence-electron chi connectivity index (χ2n) is 4.66. The van der Waals surface area contributed by atoms with E-state index in [0.717, 1.165) is 5.56 Å². The lowest BCUT2D eigenvalue weighted by Crippen LogP contribution is -2.41. The van der Waals surface area contributed by atoms with Gasteiger partial charge in [0.2, 0.25) is 0 Å². The first-order valence-corrected chi connectivity index (χ1v) is 6.79. The second-order valence-corrected chi connectivity index (χ2v) is 4.66. The molecule has 0 aliphatic heterocycles. The smallest absolute Gasteiger partial charge is 0.326 e. The van der Waals surface area contributed by atoms with Gasteiger partial charge in [-0.1, -0.05) is 25.1 Å². The molecule has 0 aliphatic carbocycles. The summed E-state index contributed by atoms with van der Waals surface area (Å²) in [7, 11) is 0. The van der Waals surface area contributed by atoms with E-state index in [2.05, 4.69) is 5.32 Å². The molecule has 1 aromatic carbocycles. The number of carbonyl (C=O) groups is 3. The monoisotopic (exact) mass is 293 g/mol. The average molecular weight is 293 g/mol. The molecule has 1 rings (SSSR count). The molecule has 0 saturated carbocycles. The van der Waals surface area contributed by atoms with Crippen LogP contribution in [-0.2, 0) is 16.0 Å². The molecule has 0 heterocycles. The highest BCUT2D eigenvalue weighted by Crippen LogP contribution is 2.10. The Morgan fingerprint density at radius 1 is 1.19 bits per heavy atom. The van der Waals surface area contributed by atoms with Gasteiger partial charge in [0.05, 0.1) is 0 Å². The van der Waals surface area contributed by atoms with Crippen LogP contribution < -0.4 is 5.32 Å². The predicted octanol–water partition coefficient (Wildman–Crippen LogP) is 1.69. The summed E-state index contributed by atoms with van der Waals surface area (Å²) in [6, 6.07) is 5.91. The zero-order valence-corrected chi connectivity index (χ0v) is 11.8. The zero-order chi connectivity index (χ0) is 15.8. The number of hydrogen-bond acceptors (Lipinski definition) is 3. The van der Waals surface area contributed by atoms with Crippen LogP contribution in [0.25, 0.3) is 0 Å². The Morgan fingerprint density at radius 2 is 1.86 bits per heavy atom. The molecule has 0 aromatic heterocycles. The summed E-state index contributed by atoms with van der Waals surface area (Å²) in [6.45, 7) is 1.91. The predicted molar refractivity (Wildman–Crippen MR) is 76.2 cm³/mol. The van der Waals surface area contributed by atoms with E-state index in [9.17, 15) is 14.4 Å². The lowest BCUT2D eigenvalue weighted by molar-refractivity contribution is -0.140. The number of carboxylic acids is 2. The highest BCUT2D eigenvalue weighted by molar-refractivity contribution is 5.97. The van der Waals surface area contributed by atoms with Crippen LogP contribution in [0, 0.1) is 0 Å². The number of hydrogen-bond donors (Lipinski definition) is 3. The highest BCUT2D eigenvalue weighted by Gasteiger charge is 2.21. The summed E-state index contributed by atoms with van der Waals surface area (Å²) in [5.41, 5.74) is 1.29. The number of benzene rings is 1. The first kappa shape index (κ1) is 16.7. The van der Waals surface area contributed by atoms with Crippen molar-refractivity contribution < 1.29 is 24.6 Å². The third-order valence-electron chi connectivity index (χ3n) is 3.13. The third-order valence-corrected chi connectivity index (χ3v) is 3.13. The van der Waals surface area contributed by atoms with Crippen LogP contribution in [0.15, 0.2) is 24.3 Å². The molecule has 114 valence electrons. The number of aliphatic carboxylic acids is 2. The summed E-state index contributed by atoms with van der Waals surface area (Å²) in [6.07, 6.45) is 0.829. The fourth-order valence-electron chi connectivity index (χ4n) is 2.00. The van der Waals surface area contributed by atoms with Crippen LogP contribution in [0.5, 0.6) is 0 Å². The van der Waals surface area contributed by atoms with Crippen molar-refractivity contribution in [1.82, 2.24) is 5.32 Å². The van der Waals surface area contributed by atoms with Gasteiger partial charge >= 0.3 is 11.9 Å². The highest BCUT2D eigenvalue weighted by atomic mass is 16.4. The van der Waals surface area contributed by atoms with Crippen LogP contribution in [-0.4, -0.2) is 34.1 Å². The number of nitrogens with one attached hydrogen (secondary N) is 1. The average Bonchev–Trinajstić information content (AvgIpc) is 2.45. The fourth-order valence-corrected chi connectivity index (χ4v) is 2.00. The van der Waals surface area contributed by atoms with Gasteiger partial charge in [-0.2, -0.15) is 0 Å². The van der Waals surface area contributed by atoms with Crippen molar-refractivity contribution in [2.75, 3.05) is 0 Å². The van der Waals surface area contributed by atoms with Crippen LogP contribution in [0.3, 0.4) is 0 Å². The fraction of sp³-hybridized carbons (Fsp3) is 0.400. The summed E-state index contributed by atoms with van der Waals surface area (Å²) < 4.78 is 0. The molecular weight excluding hydrogens is 274 g/mol. The normalized spacial score (nSPS) is 11.7. The van der Waals surface area contributed by atoms with E-state index in [1.54, 1.807) is 12.1 Å². The van der Waals surface area contributed by atoms with E-state index in [4.69, 9.17) is 10.2 Å². The summed E-state index contributed by atoms with van der Waals surface area (Å²) in [4.78, 5) is 33.7. The van der Waals surface area contributed by atoms with Gasteiger partial charge in [0.1, 0.15) is 6.04 Å². The molecule has 0 bridgehead atoms. The second kappa shape index (κ2) is 8.04. The maximum Gasteiger partial charge on any atom is 0.326 e. The molecule has 0 saturated heterocycles. The Labute approximate surface area is 122 Å². The maximum absolute atomic E-state index is 12.1. The van der Waals surface area contributed by atoms with E-state index in [1.807, 2.05) is 19.1 Å². The molecule has 1 amide bonds. The lowest BCUT2D eigenvalue weighted by atomic mass is 10.0. The SMILES string of the molecule is CCc1ccccc1C(=O)N[C@H](CCCC(=O)O)C(=O)O. The minimum absolute atomic E-state index is 0.0850. The summed E-state index contributed by atoms with van der Waals surface area (Å²) >= 11 is 0. The Balaban J connectivity index is 2.72. The van der Waals surface area contributed by atoms with E-state index in [1.165, 1.54) is 0 Å². The molecule has 21 heavy (non-hydrogen) atoms. The van der Waals surface area contributed by atoms with Crippen molar-refractivity contribution >= 4 is 17.8 Å². The maximum atomic E-state index is 12.1. The van der Waals surface area contributed by atoms with Crippen molar-refractivity contribution in [1.29, 1.82) is 0 Å². The molecule has 0 radical (unpaired) electrons. The third kappa shape index (κ3) is 5.25. The number of amides is 1. The van der Waals surface area contributed by atoms with Crippen molar-refractivity contribution in [2.45, 2.75) is 38.6 Å². The van der Waals surface area contributed by atoms with E-state index < -0.39 is 23.9 Å². The van der Waals surface area contributed by atoms with Gasteiger partial charge in [0, 0.05) is 12.0 Å². The number of carbonyl (C=O) groups excluding carboxylic acids is 1. The van der Waals surface area contributed by atoms with Crippen molar-refractivity contribution in [2.24, 2.45) is 0 Å². The molecule has 6 heteroatoms. The molecule has 0 fully saturated rings. The van der Waals surface area contributed by atoms with Crippen molar-refractivity contribution in [3.8, 4) is 0 Å². The summed E-state index contributed by atoms with van der Waals surface area (Å²) in [5, 5.41) is 20.1. The molecular formula is C15H19NO5. The zero-order valence-electron chi connectivity index (χ0n) is 11.8. The number of aryl methyl sites for hydroxylation is 1. The molecule has 0 aliphatic rings. The Morgan fingerprint density at radius 3 is 2.43 bits per heavy atom. The molecule has 3 N–H and O–H groups in total. The number of carboxylic acid groups (broad SMARTS) is 2. The van der Waals surface area contributed by atoms with Crippen LogP contribution in [0.4, 0.5) is 0 Å². The lowest BCUT2D eigenvalue weighted by Gasteiger charge is -2.15. The van der Waals surface area contributed by atoms with Gasteiger partial charge in [-0.15, -0.1) is 0 Å². The summed E-state index contributed by atoms with van der Waals surface area (Å²) in [5.74, 6) is -2.60. The molecule has 0 unspecified atom stereocenters. The Bertz CT molecular complexity index is 527. The van der Waals surface area contributed by atoms with Crippen LogP contribution in [0.1, 0.15) is 42.1 Å². The topological polar surface area (TPSA) is 104 Å². The standard InChI is InChI=1S/C15H19NO5/c1-2-10-6-3-4-7-11(10)14(19)16-12(15(20)21)8-5-9-13(17)18/h3-4,6-7,12H,2,5,8-9H2,1H3,(H,16,19)(H,17,18)(H,20,21)/t12-/m1/s1. The molecule has 1 atom stereocenters. The first-order valence-electron chi connectivity index (χ1n) is 6.79. The molecule has 1 aromatic rings. The number of rotatable bonds is 8. The molecule has 0 spiro atoms. The van der Waals surface area contributed by atoms with Crippen molar-refractivity contribution in [3.05, 3.63) is 35.4 Å². The van der Waals surface area contributed by atoms with Gasteiger partial charge in [-0.05, 0) is 30.9 Å². The van der Waals surface area contributed by atoms with Gasteiger partial charge < -0.3 is 15.5 Å². The van der Waals surface area contributed by atoms with Crippen molar-refractivity contribution in [3.63, 3.8) is 0 Å². The Hall–Kier alpha value is -2.37. The largest absolute Gasteiger partial charge is 0.481 e. The quantitative estimate of drug-likeness (QED) is 0.676. The van der Waals surface area contributed by atoms with Crippen LogP contribution >= 0.6 is 0 Å². The van der Waals surface area contributed by atoms with E-state index in [0.29, 0.717) is 12.0 Å². The molecule has 6 nitrogen and oxygen atoms in total. The van der Waals surface area contributed by atoms with E-state index >= 15 is 0 Å². The minimum Gasteiger partial charge on any atom is -0.481 e. The minimum atomic E-state index is -1.16.